The number of para-hydroxylation sites is 1. The lowest BCUT2D eigenvalue weighted by Crippen LogP contribution is -2.23. The van der Waals surface area contributed by atoms with Crippen LogP contribution in [-0.2, 0) is 11.3 Å². The molecule has 6 heteroatoms. The molecule has 2 aromatic carbocycles. The van der Waals surface area contributed by atoms with Crippen LogP contribution in [0.1, 0.15) is 23.0 Å². The molecule has 0 bridgehead atoms. The van der Waals surface area contributed by atoms with E-state index in [0.29, 0.717) is 17.8 Å². The van der Waals surface area contributed by atoms with Gasteiger partial charge in [-0.3, -0.25) is 9.59 Å². The fourth-order valence-electron chi connectivity index (χ4n) is 2.46. The van der Waals surface area contributed by atoms with E-state index >= 15 is 0 Å². The second-order valence-electron chi connectivity index (χ2n) is 5.80. The summed E-state index contributed by atoms with van der Waals surface area (Å²) < 4.78 is 6.45. The molecule has 0 aliphatic rings. The van der Waals surface area contributed by atoms with Gasteiger partial charge < -0.3 is 14.6 Å². The van der Waals surface area contributed by atoms with Crippen LogP contribution in [0.3, 0.4) is 0 Å². The summed E-state index contributed by atoms with van der Waals surface area (Å²) in [4.78, 5) is 25.4. The molecule has 3 aromatic rings. The molecule has 128 valence electrons. The van der Waals surface area contributed by atoms with Crippen molar-refractivity contribution in [1.82, 2.24) is 4.90 Å². The van der Waals surface area contributed by atoms with Crippen LogP contribution in [0.25, 0.3) is 11.0 Å². The van der Waals surface area contributed by atoms with E-state index < -0.39 is 0 Å². The number of nitrogens with zero attached hydrogens (tertiary/aromatic N) is 1. The highest BCUT2D eigenvalue weighted by molar-refractivity contribution is 9.10. The van der Waals surface area contributed by atoms with Crippen LogP contribution in [-0.4, -0.2) is 23.8 Å². The third-order valence-corrected chi connectivity index (χ3v) is 4.49. The second kappa shape index (κ2) is 7.11. The molecule has 1 aromatic heterocycles. The predicted octanol–water partition coefficient (Wildman–Crippen LogP) is 4.43. The summed E-state index contributed by atoms with van der Waals surface area (Å²) in [6.07, 6.45) is 0. The van der Waals surface area contributed by atoms with Crippen LogP contribution in [0.5, 0.6) is 0 Å². The number of halogens is 1. The molecule has 5 nitrogen and oxygen atoms in total. The highest BCUT2D eigenvalue weighted by Gasteiger charge is 2.14. The van der Waals surface area contributed by atoms with Crippen LogP contribution in [0.4, 0.5) is 5.69 Å². The monoisotopic (exact) mass is 400 g/mol. The van der Waals surface area contributed by atoms with Crippen molar-refractivity contribution in [2.75, 3.05) is 12.4 Å². The number of benzene rings is 2. The van der Waals surface area contributed by atoms with Crippen molar-refractivity contribution >= 4 is 44.4 Å². The number of hydrogen-bond acceptors (Lipinski definition) is 3. The molecule has 0 saturated carbocycles. The van der Waals surface area contributed by atoms with Crippen molar-refractivity contribution in [2.45, 2.75) is 13.5 Å². The second-order valence-corrected chi connectivity index (χ2v) is 6.65. The van der Waals surface area contributed by atoms with Gasteiger partial charge in [-0.15, -0.1) is 0 Å². The zero-order valence-corrected chi connectivity index (χ0v) is 15.5. The van der Waals surface area contributed by atoms with Gasteiger partial charge in [-0.05, 0) is 45.8 Å². The Balaban J connectivity index is 1.78. The number of carbonyl (C=O) groups is 2. The van der Waals surface area contributed by atoms with Gasteiger partial charge in [0, 0.05) is 31.6 Å². The third-order valence-electron chi connectivity index (χ3n) is 3.86. The van der Waals surface area contributed by atoms with E-state index in [4.69, 9.17) is 4.42 Å². The summed E-state index contributed by atoms with van der Waals surface area (Å²) in [6, 6.07) is 14.7. The number of fused-ring (bicyclic) bond motifs is 1. The van der Waals surface area contributed by atoms with Gasteiger partial charge in [0.25, 0.3) is 5.91 Å². The molecule has 2 amide bonds. The Morgan fingerprint density at radius 1 is 1.16 bits per heavy atom. The number of carbonyl (C=O) groups excluding carboxylic acids is 2. The standard InChI is InChI=1S/C19H17BrN2O3/c1-12(23)22(2)11-13-5-3-7-15(9-13)21-19(24)17-10-14-6-4-8-16(20)18(14)25-17/h3-10H,11H2,1-2H3,(H,21,24). The third kappa shape index (κ3) is 3.91. The number of hydrogen-bond donors (Lipinski definition) is 1. The Kier molecular flexibility index (Phi) is 4.90. The fraction of sp³-hybridized carbons (Fsp3) is 0.158. The van der Waals surface area contributed by atoms with Crippen molar-refractivity contribution in [1.29, 1.82) is 0 Å². The van der Waals surface area contributed by atoms with E-state index in [2.05, 4.69) is 21.2 Å². The molecule has 1 N–H and O–H groups in total. The molecule has 0 aliphatic carbocycles. The summed E-state index contributed by atoms with van der Waals surface area (Å²) in [5.41, 5.74) is 2.23. The topological polar surface area (TPSA) is 62.6 Å². The van der Waals surface area contributed by atoms with Crippen molar-refractivity contribution in [2.24, 2.45) is 0 Å². The molecule has 0 saturated heterocycles. The van der Waals surface area contributed by atoms with Crippen molar-refractivity contribution in [3.63, 3.8) is 0 Å². The molecular weight excluding hydrogens is 384 g/mol. The zero-order chi connectivity index (χ0) is 18.0. The van der Waals surface area contributed by atoms with Gasteiger partial charge >= 0.3 is 0 Å². The van der Waals surface area contributed by atoms with Gasteiger partial charge in [0.2, 0.25) is 5.91 Å². The normalized spacial score (nSPS) is 10.7. The predicted molar refractivity (Wildman–Crippen MR) is 100 cm³/mol. The van der Waals surface area contributed by atoms with E-state index in [0.717, 1.165) is 15.4 Å². The fourth-order valence-corrected chi connectivity index (χ4v) is 2.93. The summed E-state index contributed by atoms with van der Waals surface area (Å²) in [7, 11) is 1.74. The lowest BCUT2D eigenvalue weighted by Gasteiger charge is -2.15. The van der Waals surface area contributed by atoms with Gasteiger partial charge in [0.05, 0.1) is 4.47 Å². The number of nitrogens with one attached hydrogen (secondary N) is 1. The van der Waals surface area contributed by atoms with Gasteiger partial charge in [0.1, 0.15) is 5.58 Å². The summed E-state index contributed by atoms with van der Waals surface area (Å²) in [6.45, 7) is 2.00. The highest BCUT2D eigenvalue weighted by atomic mass is 79.9. The average Bonchev–Trinajstić information content (AvgIpc) is 3.01. The Hall–Kier alpha value is -2.60. The van der Waals surface area contributed by atoms with Crippen LogP contribution < -0.4 is 5.32 Å². The smallest absolute Gasteiger partial charge is 0.291 e. The molecule has 0 aliphatic heterocycles. The molecule has 1 heterocycles. The minimum atomic E-state index is -0.319. The Labute approximate surface area is 153 Å². The van der Waals surface area contributed by atoms with Gasteiger partial charge in [0.15, 0.2) is 5.76 Å². The average molecular weight is 401 g/mol. The molecule has 0 atom stereocenters. The molecule has 0 fully saturated rings. The van der Waals surface area contributed by atoms with E-state index in [-0.39, 0.29) is 17.6 Å². The van der Waals surface area contributed by atoms with E-state index in [1.165, 1.54) is 6.92 Å². The Morgan fingerprint density at radius 2 is 1.92 bits per heavy atom. The molecule has 0 spiro atoms. The van der Waals surface area contributed by atoms with Crippen LogP contribution >= 0.6 is 15.9 Å². The number of furan rings is 1. The number of rotatable bonds is 4. The maximum atomic E-state index is 12.5. The Morgan fingerprint density at radius 3 is 2.64 bits per heavy atom. The molecule has 0 radical (unpaired) electrons. The minimum absolute atomic E-state index is 0.0118. The van der Waals surface area contributed by atoms with Gasteiger partial charge in [-0.25, -0.2) is 0 Å². The van der Waals surface area contributed by atoms with Crippen molar-refractivity contribution < 1.29 is 14.0 Å². The van der Waals surface area contributed by atoms with Crippen LogP contribution in [0.15, 0.2) is 57.4 Å². The van der Waals surface area contributed by atoms with Crippen molar-refractivity contribution in [3.8, 4) is 0 Å². The number of amides is 2. The molecule has 3 rings (SSSR count). The largest absolute Gasteiger partial charge is 0.450 e. The quantitative estimate of drug-likeness (QED) is 0.704. The Bertz CT molecular complexity index is 949. The van der Waals surface area contributed by atoms with E-state index in [9.17, 15) is 9.59 Å². The first-order chi connectivity index (χ1) is 11.9. The SMILES string of the molecule is CC(=O)N(C)Cc1cccc(NC(=O)c2cc3cccc(Br)c3o2)c1. The van der Waals surface area contributed by atoms with Crippen molar-refractivity contribution in [3.05, 3.63) is 64.3 Å². The molecular formula is C19H17BrN2O3. The molecule has 0 unspecified atom stereocenters. The van der Waals surface area contributed by atoms with E-state index in [1.54, 1.807) is 24.1 Å². The molecule has 25 heavy (non-hydrogen) atoms. The number of anilines is 1. The minimum Gasteiger partial charge on any atom is -0.450 e. The van der Waals surface area contributed by atoms with Gasteiger partial charge in [-0.2, -0.15) is 0 Å². The van der Waals surface area contributed by atoms with E-state index in [1.807, 2.05) is 36.4 Å². The van der Waals surface area contributed by atoms with Crippen LogP contribution in [0.2, 0.25) is 0 Å². The maximum Gasteiger partial charge on any atom is 0.291 e. The zero-order valence-electron chi connectivity index (χ0n) is 13.9. The summed E-state index contributed by atoms with van der Waals surface area (Å²) in [5, 5.41) is 3.69. The maximum absolute atomic E-state index is 12.5. The first kappa shape index (κ1) is 17.2. The highest BCUT2D eigenvalue weighted by Crippen LogP contribution is 2.27. The summed E-state index contributed by atoms with van der Waals surface area (Å²) >= 11 is 3.41. The van der Waals surface area contributed by atoms with Gasteiger partial charge in [-0.1, -0.05) is 24.3 Å². The first-order valence-corrected chi connectivity index (χ1v) is 8.53. The lowest BCUT2D eigenvalue weighted by molar-refractivity contribution is -0.128. The van der Waals surface area contributed by atoms with Crippen LogP contribution in [0, 0.1) is 0 Å². The summed E-state index contributed by atoms with van der Waals surface area (Å²) in [5.74, 6) is -0.0874. The first-order valence-electron chi connectivity index (χ1n) is 7.74. The lowest BCUT2D eigenvalue weighted by atomic mass is 10.2.